The Balaban J connectivity index is 1.56. The summed E-state index contributed by atoms with van der Waals surface area (Å²) in [5, 5.41) is 10.7. The van der Waals surface area contributed by atoms with Crippen molar-refractivity contribution in [3.63, 3.8) is 0 Å². The van der Waals surface area contributed by atoms with Crippen molar-refractivity contribution in [1.29, 1.82) is 0 Å². The molecule has 0 atom stereocenters. The van der Waals surface area contributed by atoms with E-state index in [2.05, 4.69) is 20.6 Å². The zero-order valence-electron chi connectivity index (χ0n) is 11.9. The van der Waals surface area contributed by atoms with Gasteiger partial charge in [0.25, 0.3) is 5.91 Å². The number of aromatic nitrogens is 4. The Morgan fingerprint density at radius 3 is 3.00 bits per heavy atom. The molecule has 4 aromatic heterocycles. The fourth-order valence-electron chi connectivity index (χ4n) is 2.22. The van der Waals surface area contributed by atoms with Gasteiger partial charge in [0.15, 0.2) is 11.5 Å². The van der Waals surface area contributed by atoms with Crippen molar-refractivity contribution in [2.24, 2.45) is 0 Å². The molecule has 7 heteroatoms. The van der Waals surface area contributed by atoms with Gasteiger partial charge in [0.2, 0.25) is 0 Å². The van der Waals surface area contributed by atoms with Crippen molar-refractivity contribution in [3.05, 3.63) is 66.9 Å². The SMILES string of the molecule is O=C(Nc1ccn2nccc2c1)c1cc(-c2cccnc2)on1. The zero-order chi connectivity index (χ0) is 15.6. The van der Waals surface area contributed by atoms with Crippen molar-refractivity contribution in [1.82, 2.24) is 19.8 Å². The van der Waals surface area contributed by atoms with Crippen LogP contribution >= 0.6 is 0 Å². The number of hydrogen-bond acceptors (Lipinski definition) is 5. The zero-order valence-corrected chi connectivity index (χ0v) is 11.9. The minimum atomic E-state index is -0.340. The van der Waals surface area contributed by atoms with Crippen LogP contribution in [0.3, 0.4) is 0 Å². The maximum atomic E-state index is 12.3. The molecule has 0 fully saturated rings. The average molecular weight is 305 g/mol. The molecule has 0 aliphatic carbocycles. The highest BCUT2D eigenvalue weighted by Gasteiger charge is 2.14. The summed E-state index contributed by atoms with van der Waals surface area (Å²) in [6.45, 7) is 0. The highest BCUT2D eigenvalue weighted by Crippen LogP contribution is 2.20. The van der Waals surface area contributed by atoms with Gasteiger partial charge < -0.3 is 9.84 Å². The molecule has 1 N–H and O–H groups in total. The molecule has 0 aliphatic heterocycles. The Labute approximate surface area is 130 Å². The maximum absolute atomic E-state index is 12.3. The van der Waals surface area contributed by atoms with Gasteiger partial charge in [-0.25, -0.2) is 4.52 Å². The summed E-state index contributed by atoms with van der Waals surface area (Å²) in [7, 11) is 0. The van der Waals surface area contributed by atoms with E-state index in [1.807, 2.05) is 18.2 Å². The van der Waals surface area contributed by atoms with Crippen LogP contribution in [0.1, 0.15) is 10.5 Å². The summed E-state index contributed by atoms with van der Waals surface area (Å²) in [5.74, 6) is 0.155. The summed E-state index contributed by atoms with van der Waals surface area (Å²) in [4.78, 5) is 16.3. The Kier molecular flexibility index (Phi) is 3.09. The molecule has 0 unspecified atom stereocenters. The third kappa shape index (κ3) is 2.55. The second-order valence-corrected chi connectivity index (χ2v) is 4.89. The van der Waals surface area contributed by atoms with Gasteiger partial charge in [-0.2, -0.15) is 5.10 Å². The second kappa shape index (κ2) is 5.38. The van der Waals surface area contributed by atoms with E-state index in [1.165, 1.54) is 0 Å². The minimum absolute atomic E-state index is 0.206. The van der Waals surface area contributed by atoms with E-state index in [0.29, 0.717) is 11.4 Å². The Bertz CT molecular complexity index is 974. The van der Waals surface area contributed by atoms with Crippen LogP contribution < -0.4 is 5.32 Å². The van der Waals surface area contributed by atoms with Crippen LogP contribution in [0.15, 0.2) is 65.7 Å². The van der Waals surface area contributed by atoms with Crippen LogP contribution in [0.2, 0.25) is 0 Å². The first-order valence-corrected chi connectivity index (χ1v) is 6.91. The summed E-state index contributed by atoms with van der Waals surface area (Å²) < 4.78 is 6.92. The molecule has 0 aliphatic rings. The maximum Gasteiger partial charge on any atom is 0.277 e. The molecule has 0 bridgehead atoms. The number of rotatable bonds is 3. The van der Waals surface area contributed by atoms with Crippen molar-refractivity contribution in [3.8, 4) is 11.3 Å². The minimum Gasteiger partial charge on any atom is -0.355 e. The van der Waals surface area contributed by atoms with Gasteiger partial charge in [-0.15, -0.1) is 0 Å². The van der Waals surface area contributed by atoms with Crippen LogP contribution in [0.4, 0.5) is 5.69 Å². The van der Waals surface area contributed by atoms with Gasteiger partial charge in [-0.1, -0.05) is 5.16 Å². The monoisotopic (exact) mass is 305 g/mol. The van der Waals surface area contributed by atoms with E-state index in [0.717, 1.165) is 11.1 Å². The Morgan fingerprint density at radius 2 is 2.13 bits per heavy atom. The van der Waals surface area contributed by atoms with Gasteiger partial charge in [0.1, 0.15) is 0 Å². The predicted octanol–water partition coefficient (Wildman–Crippen LogP) is 2.64. The normalized spacial score (nSPS) is 10.8. The van der Waals surface area contributed by atoms with E-state index in [4.69, 9.17) is 4.52 Å². The molecule has 4 rings (SSSR count). The van der Waals surface area contributed by atoms with Gasteiger partial charge >= 0.3 is 0 Å². The summed E-state index contributed by atoms with van der Waals surface area (Å²) in [5.41, 5.74) is 2.52. The molecule has 4 heterocycles. The molecular formula is C16H11N5O2. The fourth-order valence-corrected chi connectivity index (χ4v) is 2.22. The van der Waals surface area contributed by atoms with Gasteiger partial charge in [0, 0.05) is 42.1 Å². The number of carbonyl (C=O) groups is 1. The quantitative estimate of drug-likeness (QED) is 0.629. The van der Waals surface area contributed by atoms with Crippen molar-refractivity contribution >= 4 is 17.1 Å². The largest absolute Gasteiger partial charge is 0.355 e. The van der Waals surface area contributed by atoms with E-state index < -0.39 is 0 Å². The molecule has 7 nitrogen and oxygen atoms in total. The first kappa shape index (κ1) is 13.2. The molecule has 23 heavy (non-hydrogen) atoms. The smallest absolute Gasteiger partial charge is 0.277 e. The molecule has 4 aromatic rings. The standard InChI is InChI=1S/C16H11N5O2/c22-16(19-12-4-7-21-13(8-12)3-6-18-21)14-9-15(23-20-14)11-2-1-5-17-10-11/h1-10H,(H,19,22). The first-order chi connectivity index (χ1) is 11.3. The lowest BCUT2D eigenvalue weighted by atomic mass is 10.2. The Morgan fingerprint density at radius 1 is 1.17 bits per heavy atom. The molecule has 0 aromatic carbocycles. The number of carbonyl (C=O) groups excluding carboxylic acids is 1. The van der Waals surface area contributed by atoms with Gasteiger partial charge in [0.05, 0.1) is 5.52 Å². The lowest BCUT2D eigenvalue weighted by molar-refractivity contribution is 0.101. The molecule has 0 saturated heterocycles. The molecule has 0 saturated carbocycles. The van der Waals surface area contributed by atoms with E-state index >= 15 is 0 Å². The van der Waals surface area contributed by atoms with Crippen LogP contribution in [0, 0.1) is 0 Å². The van der Waals surface area contributed by atoms with Crippen LogP contribution in [0.25, 0.3) is 16.8 Å². The fraction of sp³-hybridized carbons (Fsp3) is 0. The molecule has 0 spiro atoms. The number of nitrogens with one attached hydrogen (secondary N) is 1. The highest BCUT2D eigenvalue weighted by atomic mass is 16.5. The number of hydrogen-bond donors (Lipinski definition) is 1. The third-order valence-electron chi connectivity index (χ3n) is 3.35. The predicted molar refractivity (Wildman–Crippen MR) is 82.9 cm³/mol. The number of nitrogens with zero attached hydrogens (tertiary/aromatic N) is 4. The lowest BCUT2D eigenvalue weighted by Gasteiger charge is -2.03. The van der Waals surface area contributed by atoms with E-state index in [-0.39, 0.29) is 11.6 Å². The third-order valence-corrected chi connectivity index (χ3v) is 3.35. The van der Waals surface area contributed by atoms with Crippen LogP contribution in [0.5, 0.6) is 0 Å². The number of fused-ring (bicyclic) bond motifs is 1. The van der Waals surface area contributed by atoms with Gasteiger partial charge in [-0.05, 0) is 30.3 Å². The Hall–Kier alpha value is -3.48. The topological polar surface area (TPSA) is 85.3 Å². The summed E-state index contributed by atoms with van der Waals surface area (Å²) >= 11 is 0. The van der Waals surface area contributed by atoms with Crippen molar-refractivity contribution in [2.75, 3.05) is 5.32 Å². The van der Waals surface area contributed by atoms with E-state index in [9.17, 15) is 4.79 Å². The lowest BCUT2D eigenvalue weighted by Crippen LogP contribution is -2.12. The highest BCUT2D eigenvalue weighted by molar-refractivity contribution is 6.03. The number of pyridine rings is 2. The second-order valence-electron chi connectivity index (χ2n) is 4.89. The van der Waals surface area contributed by atoms with E-state index in [1.54, 1.807) is 47.5 Å². The molecule has 112 valence electrons. The number of anilines is 1. The molecular weight excluding hydrogens is 294 g/mol. The van der Waals surface area contributed by atoms with Crippen LogP contribution in [-0.2, 0) is 0 Å². The number of amides is 1. The van der Waals surface area contributed by atoms with Crippen molar-refractivity contribution in [2.45, 2.75) is 0 Å². The van der Waals surface area contributed by atoms with Crippen LogP contribution in [-0.4, -0.2) is 25.7 Å². The molecule has 1 amide bonds. The van der Waals surface area contributed by atoms with Gasteiger partial charge in [-0.3, -0.25) is 9.78 Å². The van der Waals surface area contributed by atoms with Crippen molar-refractivity contribution < 1.29 is 9.32 Å². The molecule has 0 radical (unpaired) electrons. The summed E-state index contributed by atoms with van der Waals surface area (Å²) in [6, 6.07) is 10.7. The average Bonchev–Trinajstić information content (AvgIpc) is 3.24. The first-order valence-electron chi connectivity index (χ1n) is 6.91. The summed E-state index contributed by atoms with van der Waals surface area (Å²) in [6.07, 6.45) is 6.78.